The number of nitrogens with one attached hydrogen (secondary N) is 1. The summed E-state index contributed by atoms with van der Waals surface area (Å²) >= 11 is 0. The van der Waals surface area contributed by atoms with Gasteiger partial charge in [0.1, 0.15) is 0 Å². The van der Waals surface area contributed by atoms with Crippen molar-refractivity contribution in [3.63, 3.8) is 0 Å². The first kappa shape index (κ1) is 12.7. The molecule has 0 saturated carbocycles. The van der Waals surface area contributed by atoms with Crippen LogP contribution in [0.15, 0.2) is 23.3 Å². The Balaban J connectivity index is 2.05. The molecule has 0 spiro atoms. The highest BCUT2D eigenvalue weighted by Gasteiger charge is 2.14. The van der Waals surface area contributed by atoms with Gasteiger partial charge >= 0.3 is 0 Å². The van der Waals surface area contributed by atoms with E-state index in [0.29, 0.717) is 11.3 Å². The number of hydrazone groups is 1. The van der Waals surface area contributed by atoms with Crippen molar-refractivity contribution in [3.05, 3.63) is 23.8 Å². The lowest BCUT2D eigenvalue weighted by Gasteiger charge is -2.27. The maximum absolute atomic E-state index is 9.92. The van der Waals surface area contributed by atoms with E-state index in [4.69, 9.17) is 4.74 Å². The number of hydrogen-bond acceptors (Lipinski definition) is 4. The van der Waals surface area contributed by atoms with Crippen LogP contribution in [0.5, 0.6) is 11.5 Å². The summed E-state index contributed by atoms with van der Waals surface area (Å²) in [4.78, 5) is 1.53. The first-order valence-corrected chi connectivity index (χ1v) is 6.17. The second-order valence-corrected chi connectivity index (χ2v) is 4.55. The van der Waals surface area contributed by atoms with Crippen molar-refractivity contribution in [1.29, 1.82) is 0 Å². The molecule has 18 heavy (non-hydrogen) atoms. The van der Waals surface area contributed by atoms with Crippen molar-refractivity contribution in [2.24, 2.45) is 5.10 Å². The number of nitrogens with zero attached hydrogens (tertiary/aromatic N) is 2. The monoisotopic (exact) mass is 250 g/mol. The van der Waals surface area contributed by atoms with E-state index in [1.165, 1.54) is 4.90 Å². The average Bonchev–Trinajstić information content (AvgIpc) is 2.39. The number of phenolic OH excluding ortho intramolecular Hbond substituents is 1. The van der Waals surface area contributed by atoms with Crippen molar-refractivity contribution in [2.75, 3.05) is 40.3 Å². The van der Waals surface area contributed by atoms with Gasteiger partial charge in [-0.1, -0.05) is 6.07 Å². The molecule has 1 saturated heterocycles. The summed E-state index contributed by atoms with van der Waals surface area (Å²) in [6, 6.07) is 5.39. The fourth-order valence-electron chi connectivity index (χ4n) is 1.94. The quantitative estimate of drug-likeness (QED) is 0.715. The van der Waals surface area contributed by atoms with Crippen molar-refractivity contribution in [1.82, 2.24) is 5.01 Å². The molecule has 1 heterocycles. The Labute approximate surface area is 107 Å². The lowest BCUT2D eigenvalue weighted by molar-refractivity contribution is -0.884. The standard InChI is InChI=1S/C13H19N3O2/c1-15-6-8-16(9-7-15)14-10-11-4-3-5-12(18-2)13(11)17/h3-5,10,17H,6-9H2,1-2H3/p+1/b14-10+. The molecule has 1 aromatic rings. The van der Waals surface area contributed by atoms with Crippen LogP contribution in [-0.2, 0) is 0 Å². The second-order valence-electron chi connectivity index (χ2n) is 4.55. The minimum absolute atomic E-state index is 0.142. The van der Waals surface area contributed by atoms with Gasteiger partial charge in [0.15, 0.2) is 11.5 Å². The van der Waals surface area contributed by atoms with E-state index in [-0.39, 0.29) is 5.75 Å². The van der Waals surface area contributed by atoms with Crippen LogP contribution in [0.2, 0.25) is 0 Å². The third-order valence-electron chi connectivity index (χ3n) is 3.20. The van der Waals surface area contributed by atoms with Crippen LogP contribution in [-0.4, -0.2) is 56.7 Å². The first-order chi connectivity index (χ1) is 8.70. The van der Waals surface area contributed by atoms with Crippen LogP contribution >= 0.6 is 0 Å². The number of methoxy groups -OCH3 is 1. The Bertz CT molecular complexity index is 426. The molecule has 1 fully saturated rings. The Morgan fingerprint density at radius 2 is 2.11 bits per heavy atom. The molecule has 0 atom stereocenters. The molecule has 0 bridgehead atoms. The highest BCUT2D eigenvalue weighted by atomic mass is 16.5. The molecule has 0 unspecified atom stereocenters. The van der Waals surface area contributed by atoms with Gasteiger partial charge in [0.05, 0.1) is 46.6 Å². The van der Waals surface area contributed by atoms with E-state index in [2.05, 4.69) is 12.1 Å². The van der Waals surface area contributed by atoms with E-state index < -0.39 is 0 Å². The third-order valence-corrected chi connectivity index (χ3v) is 3.20. The molecule has 1 aliphatic heterocycles. The van der Waals surface area contributed by atoms with E-state index in [9.17, 15) is 5.11 Å². The van der Waals surface area contributed by atoms with Crippen LogP contribution in [0.25, 0.3) is 0 Å². The molecule has 1 aromatic carbocycles. The Morgan fingerprint density at radius 3 is 2.78 bits per heavy atom. The van der Waals surface area contributed by atoms with Crippen LogP contribution in [0.1, 0.15) is 5.56 Å². The molecule has 5 heteroatoms. The number of quaternary nitrogens is 1. The van der Waals surface area contributed by atoms with Crippen LogP contribution in [0, 0.1) is 0 Å². The first-order valence-electron chi connectivity index (χ1n) is 6.17. The molecular weight excluding hydrogens is 230 g/mol. The summed E-state index contributed by atoms with van der Waals surface area (Å²) < 4.78 is 5.06. The summed E-state index contributed by atoms with van der Waals surface area (Å²) in [7, 11) is 3.73. The summed E-state index contributed by atoms with van der Waals surface area (Å²) in [6.07, 6.45) is 1.69. The minimum atomic E-state index is 0.142. The fraction of sp³-hybridized carbons (Fsp3) is 0.462. The Kier molecular flexibility index (Phi) is 4.04. The molecule has 0 radical (unpaired) electrons. The zero-order valence-corrected chi connectivity index (χ0v) is 10.9. The number of para-hydroxylation sites is 1. The van der Waals surface area contributed by atoms with E-state index >= 15 is 0 Å². The maximum atomic E-state index is 9.92. The zero-order chi connectivity index (χ0) is 13.0. The number of benzene rings is 1. The number of likely N-dealkylation sites (N-methyl/N-ethyl adjacent to an activating group) is 1. The van der Waals surface area contributed by atoms with Crippen molar-refractivity contribution >= 4 is 6.21 Å². The van der Waals surface area contributed by atoms with Crippen LogP contribution in [0.3, 0.4) is 0 Å². The molecule has 0 amide bonds. The van der Waals surface area contributed by atoms with E-state index in [0.717, 1.165) is 26.2 Å². The lowest BCUT2D eigenvalue weighted by Crippen LogP contribution is -3.11. The zero-order valence-electron chi connectivity index (χ0n) is 10.9. The molecule has 0 aromatic heterocycles. The number of hydrogen-bond donors (Lipinski definition) is 2. The predicted octanol–water partition coefficient (Wildman–Crippen LogP) is -0.435. The Morgan fingerprint density at radius 1 is 1.39 bits per heavy atom. The van der Waals surface area contributed by atoms with Gasteiger partial charge < -0.3 is 14.7 Å². The predicted molar refractivity (Wildman–Crippen MR) is 70.4 cm³/mol. The van der Waals surface area contributed by atoms with Gasteiger partial charge in [-0.3, -0.25) is 5.01 Å². The maximum Gasteiger partial charge on any atom is 0.166 e. The highest BCUT2D eigenvalue weighted by Crippen LogP contribution is 2.27. The second kappa shape index (κ2) is 5.73. The van der Waals surface area contributed by atoms with Gasteiger partial charge in [-0.25, -0.2) is 0 Å². The largest absolute Gasteiger partial charge is 0.504 e. The average molecular weight is 250 g/mol. The van der Waals surface area contributed by atoms with Gasteiger partial charge in [0.25, 0.3) is 0 Å². The smallest absolute Gasteiger partial charge is 0.166 e. The van der Waals surface area contributed by atoms with Gasteiger partial charge in [-0.2, -0.15) is 5.10 Å². The third kappa shape index (κ3) is 2.92. The normalized spacial score (nSPS) is 17.3. The topological polar surface area (TPSA) is 49.5 Å². The number of phenols is 1. The summed E-state index contributed by atoms with van der Waals surface area (Å²) in [5, 5.41) is 16.4. The molecule has 98 valence electrons. The number of aromatic hydroxyl groups is 1. The van der Waals surface area contributed by atoms with Gasteiger partial charge in [0, 0.05) is 5.56 Å². The summed E-state index contributed by atoms with van der Waals surface area (Å²) in [5.41, 5.74) is 0.681. The molecule has 1 aliphatic rings. The molecule has 2 N–H and O–H groups in total. The Hall–Kier alpha value is -1.75. The van der Waals surface area contributed by atoms with Crippen molar-refractivity contribution in [2.45, 2.75) is 0 Å². The minimum Gasteiger partial charge on any atom is -0.504 e. The fourth-order valence-corrected chi connectivity index (χ4v) is 1.94. The molecule has 0 aliphatic carbocycles. The van der Waals surface area contributed by atoms with E-state index in [1.54, 1.807) is 19.4 Å². The van der Waals surface area contributed by atoms with Crippen molar-refractivity contribution < 1.29 is 14.7 Å². The van der Waals surface area contributed by atoms with Crippen LogP contribution < -0.4 is 9.64 Å². The van der Waals surface area contributed by atoms with Crippen molar-refractivity contribution in [3.8, 4) is 11.5 Å². The summed E-state index contributed by atoms with van der Waals surface area (Å²) in [6.45, 7) is 4.10. The number of piperazine rings is 1. The lowest BCUT2D eigenvalue weighted by atomic mass is 10.2. The molecule has 5 nitrogen and oxygen atoms in total. The highest BCUT2D eigenvalue weighted by molar-refractivity contribution is 5.84. The SMILES string of the molecule is COc1cccc(/C=N/N2CC[NH+](C)CC2)c1O. The van der Waals surface area contributed by atoms with Gasteiger partial charge in [-0.15, -0.1) is 0 Å². The molecule has 2 rings (SSSR count). The van der Waals surface area contributed by atoms with E-state index in [1.807, 2.05) is 17.1 Å². The van der Waals surface area contributed by atoms with Crippen LogP contribution in [0.4, 0.5) is 0 Å². The molecular formula is C13H20N3O2+. The summed E-state index contributed by atoms with van der Waals surface area (Å²) in [5.74, 6) is 0.616. The van der Waals surface area contributed by atoms with Gasteiger partial charge in [0.2, 0.25) is 0 Å². The van der Waals surface area contributed by atoms with Gasteiger partial charge in [-0.05, 0) is 12.1 Å². The number of rotatable bonds is 3. The number of ether oxygens (including phenoxy) is 1.